The number of fused-ring (bicyclic) bond motifs is 1. The van der Waals surface area contributed by atoms with Gasteiger partial charge in [0.2, 0.25) is 0 Å². The second-order valence-corrected chi connectivity index (χ2v) is 8.03. The highest BCUT2D eigenvalue weighted by molar-refractivity contribution is 5.75. The second kappa shape index (κ2) is 7.34. The number of nitrogens with zero attached hydrogens (tertiary/aromatic N) is 4. The molecule has 0 aliphatic carbocycles. The molecule has 2 saturated heterocycles. The van der Waals surface area contributed by atoms with Crippen LogP contribution >= 0.6 is 0 Å². The fourth-order valence-corrected chi connectivity index (χ4v) is 4.66. The number of hydrogen-bond acceptors (Lipinski definition) is 4. The summed E-state index contributed by atoms with van der Waals surface area (Å²) in [5, 5.41) is 0. The van der Waals surface area contributed by atoms with E-state index in [0.29, 0.717) is 11.8 Å². The van der Waals surface area contributed by atoms with Crippen molar-refractivity contribution in [3.63, 3.8) is 0 Å². The Balaban J connectivity index is 1.63. The van der Waals surface area contributed by atoms with Gasteiger partial charge in [0.05, 0.1) is 13.2 Å². The molecule has 0 radical (unpaired) electrons. The Hall–Kier alpha value is -2.76. The highest BCUT2D eigenvalue weighted by Gasteiger charge is 2.49. The Morgan fingerprint density at radius 2 is 1.89 bits per heavy atom. The number of aryl methyl sites for hydroxylation is 1. The molecule has 28 heavy (non-hydrogen) atoms. The Bertz CT molecular complexity index is 852. The molecule has 6 heteroatoms. The van der Waals surface area contributed by atoms with Gasteiger partial charge in [0.15, 0.2) is 0 Å². The van der Waals surface area contributed by atoms with Crippen LogP contribution in [0.15, 0.2) is 42.6 Å². The van der Waals surface area contributed by atoms with Crippen molar-refractivity contribution < 1.29 is 9.53 Å². The van der Waals surface area contributed by atoms with E-state index in [1.54, 1.807) is 12.0 Å². The summed E-state index contributed by atoms with van der Waals surface area (Å²) < 4.78 is 5.31. The first-order chi connectivity index (χ1) is 13.5. The lowest BCUT2D eigenvalue weighted by molar-refractivity contribution is 0.159. The van der Waals surface area contributed by atoms with Crippen LogP contribution < -0.4 is 9.64 Å². The third-order valence-corrected chi connectivity index (χ3v) is 6.00. The van der Waals surface area contributed by atoms with Crippen LogP contribution in [0, 0.1) is 18.8 Å². The minimum absolute atomic E-state index is 0.0822. The van der Waals surface area contributed by atoms with Gasteiger partial charge in [-0.25, -0.2) is 4.79 Å². The van der Waals surface area contributed by atoms with Crippen molar-refractivity contribution in [1.82, 2.24) is 14.8 Å². The topological polar surface area (TPSA) is 48.9 Å². The van der Waals surface area contributed by atoms with Crippen LogP contribution in [0.1, 0.15) is 17.3 Å². The third-order valence-electron chi connectivity index (χ3n) is 6.00. The first kappa shape index (κ1) is 18.6. The number of carbonyl (C=O) groups excluding carboxylic acids is 1. The summed E-state index contributed by atoms with van der Waals surface area (Å²) in [6, 6.07) is 12.6. The van der Waals surface area contributed by atoms with Crippen LogP contribution in [0.4, 0.5) is 10.5 Å². The van der Waals surface area contributed by atoms with Gasteiger partial charge in [0, 0.05) is 63.1 Å². The zero-order valence-corrected chi connectivity index (χ0v) is 17.0. The van der Waals surface area contributed by atoms with Crippen LogP contribution in [-0.4, -0.2) is 61.7 Å². The fraction of sp³-hybridized carbons (Fsp3) is 0.455. The van der Waals surface area contributed by atoms with E-state index in [1.165, 1.54) is 11.3 Å². The van der Waals surface area contributed by atoms with Gasteiger partial charge < -0.3 is 19.4 Å². The molecule has 0 spiro atoms. The molecular weight excluding hydrogens is 352 g/mol. The van der Waals surface area contributed by atoms with Crippen molar-refractivity contribution in [3.8, 4) is 5.75 Å². The zero-order valence-electron chi connectivity index (χ0n) is 17.0. The molecule has 0 saturated carbocycles. The van der Waals surface area contributed by atoms with Crippen molar-refractivity contribution in [2.45, 2.75) is 13.0 Å². The molecular formula is C22H28N4O2. The van der Waals surface area contributed by atoms with E-state index in [-0.39, 0.29) is 12.1 Å². The number of urea groups is 1. The van der Waals surface area contributed by atoms with Gasteiger partial charge in [0.25, 0.3) is 0 Å². The molecule has 1 aromatic carbocycles. The van der Waals surface area contributed by atoms with Crippen molar-refractivity contribution >= 4 is 11.7 Å². The van der Waals surface area contributed by atoms with Crippen molar-refractivity contribution in [3.05, 3.63) is 53.9 Å². The monoisotopic (exact) mass is 380 g/mol. The standard InChI is InChI=1S/C22H28N4O2/c1-15-11-18(9-10-23-15)25-12-17-13-26(22(27)24(2)3)21(20(17)14-25)16-5-7-19(28-4)8-6-16/h5-11,17,20-21H,12-14H2,1-4H3/t17-,20-,21+/m1/s1. The predicted molar refractivity (Wildman–Crippen MR) is 110 cm³/mol. The molecule has 2 fully saturated rings. The fourth-order valence-electron chi connectivity index (χ4n) is 4.66. The molecule has 4 rings (SSSR count). The molecule has 2 aliphatic heterocycles. The van der Waals surface area contributed by atoms with Crippen LogP contribution in [0.5, 0.6) is 5.75 Å². The second-order valence-electron chi connectivity index (χ2n) is 8.03. The number of carbonyl (C=O) groups is 1. The number of anilines is 1. The Labute approximate surface area is 166 Å². The van der Waals surface area contributed by atoms with Gasteiger partial charge in [-0.3, -0.25) is 4.98 Å². The highest BCUT2D eigenvalue weighted by Crippen LogP contribution is 2.46. The van der Waals surface area contributed by atoms with E-state index in [4.69, 9.17) is 4.74 Å². The quantitative estimate of drug-likeness (QED) is 0.821. The van der Waals surface area contributed by atoms with Crippen molar-refractivity contribution in [2.24, 2.45) is 11.8 Å². The molecule has 6 nitrogen and oxygen atoms in total. The van der Waals surface area contributed by atoms with Gasteiger partial charge in [-0.05, 0) is 36.8 Å². The average Bonchev–Trinajstić information content (AvgIpc) is 3.25. The maximum absolute atomic E-state index is 12.9. The predicted octanol–water partition coefficient (Wildman–Crippen LogP) is 3.19. The smallest absolute Gasteiger partial charge is 0.320 e. The molecule has 0 unspecified atom stereocenters. The lowest BCUT2D eigenvalue weighted by Gasteiger charge is -2.32. The number of hydrogen-bond donors (Lipinski definition) is 0. The van der Waals surface area contributed by atoms with E-state index >= 15 is 0 Å². The molecule has 0 bridgehead atoms. The maximum Gasteiger partial charge on any atom is 0.320 e. The summed E-state index contributed by atoms with van der Waals surface area (Å²) in [6.07, 6.45) is 1.88. The summed E-state index contributed by atoms with van der Waals surface area (Å²) in [6.45, 7) is 4.73. The summed E-state index contributed by atoms with van der Waals surface area (Å²) in [7, 11) is 5.33. The number of methoxy groups -OCH3 is 1. The molecule has 148 valence electrons. The zero-order chi connectivity index (χ0) is 19.8. The molecule has 3 heterocycles. The SMILES string of the molecule is COc1ccc([C@H]2[C@@H]3CN(c4ccnc(C)c4)C[C@@H]3CN2C(=O)N(C)C)cc1. The van der Waals surface area contributed by atoms with E-state index in [9.17, 15) is 4.79 Å². The van der Waals surface area contributed by atoms with Gasteiger partial charge >= 0.3 is 6.03 Å². The number of benzene rings is 1. The lowest BCUT2D eigenvalue weighted by atomic mass is 9.89. The minimum atomic E-state index is 0.0822. The normalized spacial score (nSPS) is 23.6. The van der Waals surface area contributed by atoms with Crippen molar-refractivity contribution in [2.75, 3.05) is 45.7 Å². The Morgan fingerprint density at radius 3 is 2.54 bits per heavy atom. The lowest BCUT2D eigenvalue weighted by Crippen LogP contribution is -2.41. The van der Waals surface area contributed by atoms with Crippen LogP contribution in [0.2, 0.25) is 0 Å². The third kappa shape index (κ3) is 3.28. The van der Waals surface area contributed by atoms with Gasteiger partial charge in [-0.15, -0.1) is 0 Å². The number of ether oxygens (including phenoxy) is 1. The molecule has 2 amide bonds. The largest absolute Gasteiger partial charge is 0.497 e. The summed E-state index contributed by atoms with van der Waals surface area (Å²) in [5.41, 5.74) is 3.43. The average molecular weight is 380 g/mol. The minimum Gasteiger partial charge on any atom is -0.497 e. The summed E-state index contributed by atoms with van der Waals surface area (Å²) in [5.74, 6) is 1.71. The number of rotatable bonds is 3. The van der Waals surface area contributed by atoms with Gasteiger partial charge in [-0.2, -0.15) is 0 Å². The van der Waals surface area contributed by atoms with Gasteiger partial charge in [0.1, 0.15) is 5.75 Å². The van der Waals surface area contributed by atoms with Crippen LogP contribution in [0.3, 0.4) is 0 Å². The first-order valence-electron chi connectivity index (χ1n) is 9.77. The van der Waals surface area contributed by atoms with E-state index in [1.807, 2.05) is 44.2 Å². The number of amides is 2. The van der Waals surface area contributed by atoms with Crippen LogP contribution in [0.25, 0.3) is 0 Å². The molecule has 2 aromatic rings. The molecule has 0 N–H and O–H groups in total. The van der Waals surface area contributed by atoms with Crippen LogP contribution in [-0.2, 0) is 0 Å². The maximum atomic E-state index is 12.9. The summed E-state index contributed by atoms with van der Waals surface area (Å²) in [4.78, 5) is 23.4. The molecule has 2 aliphatic rings. The van der Waals surface area contributed by atoms with E-state index in [2.05, 4.69) is 34.1 Å². The first-order valence-corrected chi connectivity index (χ1v) is 9.77. The Morgan fingerprint density at radius 1 is 1.14 bits per heavy atom. The Kier molecular flexibility index (Phi) is 4.87. The van der Waals surface area contributed by atoms with E-state index in [0.717, 1.165) is 31.1 Å². The number of likely N-dealkylation sites (tertiary alicyclic amines) is 1. The van der Waals surface area contributed by atoms with Crippen molar-refractivity contribution in [1.29, 1.82) is 0 Å². The summed E-state index contributed by atoms with van der Waals surface area (Å²) >= 11 is 0. The highest BCUT2D eigenvalue weighted by atomic mass is 16.5. The van der Waals surface area contributed by atoms with E-state index < -0.39 is 0 Å². The van der Waals surface area contributed by atoms with Gasteiger partial charge in [-0.1, -0.05) is 12.1 Å². The number of pyridine rings is 1. The molecule has 1 aromatic heterocycles. The molecule has 3 atom stereocenters. The number of aromatic nitrogens is 1.